The van der Waals surface area contributed by atoms with Gasteiger partial charge in [0.2, 0.25) is 0 Å². The van der Waals surface area contributed by atoms with Gasteiger partial charge < -0.3 is 9.52 Å². The molecule has 5 nitrogen and oxygen atoms in total. The molecule has 0 aliphatic carbocycles. The molecule has 0 bridgehead atoms. The molecule has 5 rings (SSSR count). The summed E-state index contributed by atoms with van der Waals surface area (Å²) in [6.07, 6.45) is 0.349. The van der Waals surface area contributed by atoms with Crippen molar-refractivity contribution in [3.05, 3.63) is 63.2 Å². The first-order valence-corrected chi connectivity index (χ1v) is 8.74. The second-order valence-electron chi connectivity index (χ2n) is 6.72. The topological polar surface area (TPSA) is 72.4 Å². The molecule has 5 aromatic rings. The van der Waals surface area contributed by atoms with Crippen molar-refractivity contribution in [1.29, 1.82) is 0 Å². The van der Waals surface area contributed by atoms with Gasteiger partial charge in [0.05, 0.1) is 0 Å². The van der Waals surface area contributed by atoms with Gasteiger partial charge in [-0.25, -0.2) is 0 Å². The second-order valence-corrected chi connectivity index (χ2v) is 6.72. The van der Waals surface area contributed by atoms with Crippen LogP contribution in [0.2, 0.25) is 0 Å². The summed E-state index contributed by atoms with van der Waals surface area (Å²) in [5, 5.41) is 13.1. The number of hydrogen-bond acceptors (Lipinski definition) is 4. The molecule has 0 atom stereocenters. The maximum Gasteiger partial charge on any atom is 0.261 e. The standard InChI is InChI=1S/C21H14BNO4/c22-11-2-6-16-15(10-11)12-3-4-13-18-14(5-7-17(27-16)19(12)18)21(26)23(20(13)25)8-1-9-24/h2-7,10,24H,1,8-9H2. The van der Waals surface area contributed by atoms with Crippen LogP contribution in [0.15, 0.2) is 56.5 Å². The fourth-order valence-corrected chi connectivity index (χ4v) is 3.91. The van der Waals surface area contributed by atoms with Gasteiger partial charge in [0, 0.05) is 40.1 Å². The normalized spacial score (nSPS) is 12.0. The maximum atomic E-state index is 12.9. The van der Waals surface area contributed by atoms with Gasteiger partial charge in [-0.1, -0.05) is 23.7 Å². The minimum Gasteiger partial charge on any atom is -0.456 e. The van der Waals surface area contributed by atoms with Gasteiger partial charge in [0.15, 0.2) is 0 Å². The molecule has 0 amide bonds. The largest absolute Gasteiger partial charge is 0.456 e. The summed E-state index contributed by atoms with van der Waals surface area (Å²) in [7, 11) is 5.94. The van der Waals surface area contributed by atoms with Crippen LogP contribution in [-0.4, -0.2) is 24.1 Å². The van der Waals surface area contributed by atoms with E-state index < -0.39 is 0 Å². The number of benzene rings is 3. The Morgan fingerprint density at radius 3 is 2.26 bits per heavy atom. The molecule has 2 aromatic heterocycles. The van der Waals surface area contributed by atoms with E-state index in [9.17, 15) is 9.59 Å². The molecule has 6 heteroatoms. The summed E-state index contributed by atoms with van der Waals surface area (Å²) >= 11 is 0. The monoisotopic (exact) mass is 355 g/mol. The first-order valence-electron chi connectivity index (χ1n) is 8.74. The lowest BCUT2D eigenvalue weighted by Gasteiger charge is -2.14. The lowest BCUT2D eigenvalue weighted by Crippen LogP contribution is -2.33. The lowest BCUT2D eigenvalue weighted by atomic mass is 9.92. The molecular weight excluding hydrogens is 341 g/mol. The predicted octanol–water partition coefficient (Wildman–Crippen LogP) is 2.03. The Labute approximate surface area is 154 Å². The van der Waals surface area contributed by atoms with Gasteiger partial charge in [-0.3, -0.25) is 14.2 Å². The van der Waals surface area contributed by atoms with Crippen LogP contribution >= 0.6 is 0 Å². The molecule has 2 radical (unpaired) electrons. The Hall–Kier alpha value is -3.12. The zero-order valence-corrected chi connectivity index (χ0v) is 14.4. The molecule has 2 heterocycles. The van der Waals surface area contributed by atoms with Crippen LogP contribution in [0.3, 0.4) is 0 Å². The molecule has 3 aromatic carbocycles. The summed E-state index contributed by atoms with van der Waals surface area (Å²) in [5.74, 6) is 0. The Bertz CT molecular complexity index is 1430. The van der Waals surface area contributed by atoms with Crippen LogP contribution in [0.25, 0.3) is 43.5 Å². The van der Waals surface area contributed by atoms with Gasteiger partial charge in [-0.2, -0.15) is 0 Å². The number of rotatable bonds is 3. The maximum absolute atomic E-state index is 12.9. The smallest absolute Gasteiger partial charge is 0.261 e. The minimum absolute atomic E-state index is 0.0801. The summed E-state index contributed by atoms with van der Waals surface area (Å²) < 4.78 is 7.22. The lowest BCUT2D eigenvalue weighted by molar-refractivity contribution is 0.278. The van der Waals surface area contributed by atoms with Gasteiger partial charge in [-0.15, -0.1) is 0 Å². The van der Waals surface area contributed by atoms with E-state index in [-0.39, 0.29) is 24.3 Å². The summed E-state index contributed by atoms with van der Waals surface area (Å²) in [5.41, 5.74) is 1.24. The van der Waals surface area contributed by atoms with E-state index in [0.717, 1.165) is 16.2 Å². The number of aliphatic hydroxyl groups is 1. The number of hydrogen-bond donors (Lipinski definition) is 1. The Morgan fingerprint density at radius 2 is 1.52 bits per heavy atom. The van der Waals surface area contributed by atoms with Gasteiger partial charge in [0.25, 0.3) is 11.1 Å². The Balaban J connectivity index is 2.03. The minimum atomic E-state index is -0.344. The summed E-state index contributed by atoms with van der Waals surface area (Å²) in [4.78, 5) is 25.8. The third-order valence-electron chi connectivity index (χ3n) is 5.13. The van der Waals surface area contributed by atoms with Crippen LogP contribution in [0, 0.1) is 0 Å². The third-order valence-corrected chi connectivity index (χ3v) is 5.13. The fourth-order valence-electron chi connectivity index (χ4n) is 3.91. The van der Waals surface area contributed by atoms with E-state index in [1.165, 1.54) is 4.57 Å². The molecule has 0 aliphatic heterocycles. The van der Waals surface area contributed by atoms with Crippen molar-refractivity contribution < 1.29 is 9.52 Å². The van der Waals surface area contributed by atoms with Crippen LogP contribution in [0.5, 0.6) is 0 Å². The van der Waals surface area contributed by atoms with E-state index in [1.54, 1.807) is 24.3 Å². The zero-order chi connectivity index (χ0) is 18.7. The van der Waals surface area contributed by atoms with Crippen molar-refractivity contribution in [2.24, 2.45) is 0 Å². The molecule has 27 heavy (non-hydrogen) atoms. The molecule has 0 saturated carbocycles. The van der Waals surface area contributed by atoms with Crippen molar-refractivity contribution >= 4 is 56.8 Å². The highest BCUT2D eigenvalue weighted by molar-refractivity contribution is 6.34. The molecule has 0 saturated heterocycles. The van der Waals surface area contributed by atoms with Gasteiger partial charge in [-0.05, 0) is 36.1 Å². The molecule has 0 fully saturated rings. The average Bonchev–Trinajstić information content (AvgIpc) is 2.68. The van der Waals surface area contributed by atoms with Gasteiger partial charge in [0.1, 0.15) is 19.0 Å². The third kappa shape index (κ3) is 2.17. The quantitative estimate of drug-likeness (QED) is 0.305. The molecule has 130 valence electrons. The van der Waals surface area contributed by atoms with Crippen LogP contribution in [0.1, 0.15) is 6.42 Å². The molecule has 1 N–H and O–H groups in total. The van der Waals surface area contributed by atoms with Crippen molar-refractivity contribution in [2.45, 2.75) is 13.0 Å². The van der Waals surface area contributed by atoms with Crippen molar-refractivity contribution in [3.63, 3.8) is 0 Å². The van der Waals surface area contributed by atoms with Crippen molar-refractivity contribution in [3.8, 4) is 0 Å². The highest BCUT2D eigenvalue weighted by Crippen LogP contribution is 2.36. The van der Waals surface area contributed by atoms with Gasteiger partial charge >= 0.3 is 0 Å². The number of aliphatic hydroxyl groups excluding tert-OH is 1. The fraction of sp³-hybridized carbons (Fsp3) is 0.143. The van der Waals surface area contributed by atoms with Crippen molar-refractivity contribution in [1.82, 2.24) is 4.57 Å². The van der Waals surface area contributed by atoms with Crippen LogP contribution in [-0.2, 0) is 6.54 Å². The molecular formula is C21H14BNO4. The molecule has 0 unspecified atom stereocenters. The Morgan fingerprint density at radius 1 is 0.852 bits per heavy atom. The molecule has 0 aliphatic rings. The van der Waals surface area contributed by atoms with Crippen LogP contribution < -0.4 is 16.6 Å². The highest BCUT2D eigenvalue weighted by atomic mass is 16.3. The van der Waals surface area contributed by atoms with E-state index in [1.807, 2.05) is 18.2 Å². The number of nitrogens with zero attached hydrogens (tertiary/aromatic N) is 1. The van der Waals surface area contributed by atoms with E-state index >= 15 is 0 Å². The number of pyridine rings is 1. The average molecular weight is 355 g/mol. The predicted molar refractivity (Wildman–Crippen MR) is 108 cm³/mol. The summed E-state index contributed by atoms with van der Waals surface area (Å²) in [6, 6.07) is 12.5. The number of aromatic nitrogens is 1. The van der Waals surface area contributed by atoms with E-state index in [0.29, 0.717) is 39.2 Å². The number of fused-ring (bicyclic) bond motifs is 2. The molecule has 0 spiro atoms. The van der Waals surface area contributed by atoms with Crippen LogP contribution in [0.4, 0.5) is 0 Å². The summed E-state index contributed by atoms with van der Waals surface area (Å²) in [6.45, 7) is 0.109. The van der Waals surface area contributed by atoms with E-state index in [4.69, 9.17) is 17.4 Å². The Kier molecular flexibility index (Phi) is 3.39. The van der Waals surface area contributed by atoms with Crippen molar-refractivity contribution in [2.75, 3.05) is 6.61 Å². The van der Waals surface area contributed by atoms with E-state index in [2.05, 4.69) is 0 Å². The second kappa shape index (κ2) is 5.69. The first kappa shape index (κ1) is 16.1. The zero-order valence-electron chi connectivity index (χ0n) is 14.4. The highest BCUT2D eigenvalue weighted by Gasteiger charge is 2.18. The first-order chi connectivity index (χ1) is 13.1. The SMILES string of the molecule is [B]c1ccc2oc3ccc4c(=O)n(CCCO)c(=O)c5ccc(c2c1)c3c45.